The smallest absolute Gasteiger partial charge is 0.458 e. The maximum atomic E-state index is 3.11. The second kappa shape index (κ2) is 10.6. The van der Waals surface area contributed by atoms with Gasteiger partial charge < -0.3 is 10.6 Å². The van der Waals surface area contributed by atoms with Gasteiger partial charge >= 0.3 is 21.1 Å². The number of hydrogen-bond acceptors (Lipinski definition) is 2. The van der Waals surface area contributed by atoms with Gasteiger partial charge in [0, 0.05) is 6.67 Å². The van der Waals surface area contributed by atoms with Gasteiger partial charge in [0.05, 0.1) is 0 Å². The molecule has 48 valence electrons. The van der Waals surface area contributed by atoms with Gasteiger partial charge in [-0.2, -0.15) is 6.92 Å². The molecule has 0 aliphatic carbocycles. The Bertz CT molecular complexity index is 29.6. The van der Waals surface area contributed by atoms with Crippen molar-refractivity contribution in [2.45, 2.75) is 13.8 Å². The van der Waals surface area contributed by atoms with Gasteiger partial charge in [-0.05, 0) is 6.54 Å². The fourth-order valence-electron chi connectivity index (χ4n) is 0.299. The quantitative estimate of drug-likeness (QED) is 0.442. The molecule has 3 heteroatoms. The van der Waals surface area contributed by atoms with Gasteiger partial charge in [0.15, 0.2) is 0 Å². The SMILES string of the molecule is C[CH-]NCNCC.[W+2]. The molecule has 8 heavy (non-hydrogen) atoms. The van der Waals surface area contributed by atoms with Crippen molar-refractivity contribution in [2.75, 3.05) is 13.2 Å². The van der Waals surface area contributed by atoms with E-state index in [1.165, 1.54) is 0 Å². The minimum absolute atomic E-state index is 0. The zero-order valence-corrected chi connectivity index (χ0v) is 8.33. The van der Waals surface area contributed by atoms with Gasteiger partial charge in [0.2, 0.25) is 0 Å². The van der Waals surface area contributed by atoms with Crippen molar-refractivity contribution in [1.82, 2.24) is 10.6 Å². The molecule has 0 aliphatic rings. The summed E-state index contributed by atoms with van der Waals surface area (Å²) in [5.41, 5.74) is 0. The Morgan fingerprint density at radius 2 is 2.12 bits per heavy atom. The second-order valence-corrected chi connectivity index (χ2v) is 1.27. The van der Waals surface area contributed by atoms with E-state index in [4.69, 9.17) is 0 Å². The van der Waals surface area contributed by atoms with E-state index in [0.717, 1.165) is 13.2 Å². The molecule has 0 heterocycles. The van der Waals surface area contributed by atoms with Crippen molar-refractivity contribution in [1.29, 1.82) is 0 Å². The summed E-state index contributed by atoms with van der Waals surface area (Å²) >= 11 is 0. The molecule has 0 rings (SSSR count). The van der Waals surface area contributed by atoms with Crippen molar-refractivity contribution in [2.24, 2.45) is 0 Å². The molecule has 0 amide bonds. The molecule has 0 aromatic heterocycles. The van der Waals surface area contributed by atoms with Gasteiger partial charge in [-0.15, -0.1) is 0 Å². The maximum Gasteiger partial charge on any atom is 2.00 e. The van der Waals surface area contributed by atoms with Crippen LogP contribution in [0.25, 0.3) is 0 Å². The third kappa shape index (κ3) is 9.79. The van der Waals surface area contributed by atoms with E-state index in [1.54, 1.807) is 0 Å². The Hall–Kier alpha value is 0.608. The Morgan fingerprint density at radius 1 is 1.50 bits per heavy atom. The first-order chi connectivity index (χ1) is 3.41. The largest absolute Gasteiger partial charge is 2.00 e. The molecule has 0 unspecified atom stereocenters. The predicted octanol–water partition coefficient (Wildman–Crippen LogP) is 0.322. The Morgan fingerprint density at radius 3 is 2.50 bits per heavy atom. The van der Waals surface area contributed by atoms with Crippen LogP contribution < -0.4 is 10.6 Å². The average Bonchev–Trinajstić information content (AvgIpc) is 1.69. The second-order valence-electron chi connectivity index (χ2n) is 1.27. The van der Waals surface area contributed by atoms with Gasteiger partial charge in [0.25, 0.3) is 0 Å². The molecule has 0 aromatic rings. The van der Waals surface area contributed by atoms with Crippen molar-refractivity contribution >= 4 is 0 Å². The third-order valence-corrected chi connectivity index (χ3v) is 0.681. The first-order valence-electron chi connectivity index (χ1n) is 2.63. The molecule has 0 bridgehead atoms. The van der Waals surface area contributed by atoms with Gasteiger partial charge in [-0.1, -0.05) is 6.92 Å². The van der Waals surface area contributed by atoms with Gasteiger partial charge in [-0.25, -0.2) is 0 Å². The summed E-state index contributed by atoms with van der Waals surface area (Å²) < 4.78 is 0. The van der Waals surface area contributed by atoms with E-state index < -0.39 is 0 Å². The monoisotopic (exact) mass is 285 g/mol. The summed E-state index contributed by atoms with van der Waals surface area (Å²) in [5, 5.41) is 6.12. The summed E-state index contributed by atoms with van der Waals surface area (Å²) in [5.74, 6) is 0. The Kier molecular flexibility index (Phi) is 15.1. The van der Waals surface area contributed by atoms with E-state index in [2.05, 4.69) is 17.6 Å². The summed E-state index contributed by atoms with van der Waals surface area (Å²) in [6.45, 7) is 7.88. The first-order valence-corrected chi connectivity index (χ1v) is 2.63. The molecular formula is C5H13N2W+. The Balaban J connectivity index is 0. The van der Waals surface area contributed by atoms with Crippen LogP contribution in [0, 0.1) is 6.54 Å². The molecule has 2 N–H and O–H groups in total. The van der Waals surface area contributed by atoms with Crippen LogP contribution in [-0.2, 0) is 21.1 Å². The number of nitrogens with one attached hydrogen (secondary N) is 2. The van der Waals surface area contributed by atoms with E-state index in [-0.39, 0.29) is 21.1 Å². The van der Waals surface area contributed by atoms with E-state index in [9.17, 15) is 0 Å². The van der Waals surface area contributed by atoms with Crippen LogP contribution in [0.4, 0.5) is 0 Å². The summed E-state index contributed by atoms with van der Waals surface area (Å²) in [6, 6.07) is 0. The minimum Gasteiger partial charge on any atom is -0.458 e. The summed E-state index contributed by atoms with van der Waals surface area (Å²) in [7, 11) is 0. The fourth-order valence-corrected chi connectivity index (χ4v) is 0.299. The van der Waals surface area contributed by atoms with E-state index >= 15 is 0 Å². The van der Waals surface area contributed by atoms with E-state index in [1.807, 2.05) is 13.5 Å². The van der Waals surface area contributed by atoms with Crippen LogP contribution in [0.3, 0.4) is 0 Å². The van der Waals surface area contributed by atoms with Gasteiger partial charge in [-0.3, -0.25) is 6.54 Å². The number of hydrogen-bond donors (Lipinski definition) is 2. The molecule has 0 aromatic carbocycles. The predicted molar refractivity (Wildman–Crippen MR) is 31.7 cm³/mol. The zero-order chi connectivity index (χ0) is 5.54. The first kappa shape index (κ1) is 11.4. The van der Waals surface area contributed by atoms with Crippen LogP contribution in [0.2, 0.25) is 0 Å². The van der Waals surface area contributed by atoms with Crippen molar-refractivity contribution in [3.8, 4) is 0 Å². The summed E-state index contributed by atoms with van der Waals surface area (Å²) in [6.07, 6.45) is 0. The molecule has 0 fully saturated rings. The molecule has 0 atom stereocenters. The van der Waals surface area contributed by atoms with Crippen LogP contribution in [0.1, 0.15) is 13.8 Å². The van der Waals surface area contributed by atoms with Crippen molar-refractivity contribution in [3.63, 3.8) is 0 Å². The topological polar surface area (TPSA) is 24.1 Å². The molecule has 0 saturated carbocycles. The van der Waals surface area contributed by atoms with Crippen LogP contribution in [-0.4, -0.2) is 13.2 Å². The Labute approximate surface area is 65.7 Å². The molecule has 0 radical (unpaired) electrons. The zero-order valence-electron chi connectivity index (χ0n) is 5.40. The minimum atomic E-state index is 0. The third-order valence-electron chi connectivity index (χ3n) is 0.681. The standard InChI is InChI=1S/C5H13N2.W/c1-3-6-5-7-4-2;/h3,6-7H,4-5H2,1-2H3;/q-1;+2. The van der Waals surface area contributed by atoms with Crippen LogP contribution in [0.5, 0.6) is 0 Å². The van der Waals surface area contributed by atoms with Crippen molar-refractivity contribution in [3.05, 3.63) is 6.54 Å². The summed E-state index contributed by atoms with van der Waals surface area (Å²) in [4.78, 5) is 0. The van der Waals surface area contributed by atoms with Gasteiger partial charge in [0.1, 0.15) is 0 Å². The molecule has 0 spiro atoms. The molecular weight excluding hydrogens is 272 g/mol. The molecule has 0 saturated heterocycles. The van der Waals surface area contributed by atoms with Crippen LogP contribution in [0.15, 0.2) is 0 Å². The molecule has 2 nitrogen and oxygen atoms in total. The normalized spacial score (nSPS) is 8.25. The fraction of sp³-hybridized carbons (Fsp3) is 0.800. The van der Waals surface area contributed by atoms with E-state index in [0.29, 0.717) is 0 Å². The van der Waals surface area contributed by atoms with Crippen molar-refractivity contribution < 1.29 is 21.1 Å². The maximum absolute atomic E-state index is 3.11. The van der Waals surface area contributed by atoms with Crippen LogP contribution >= 0.6 is 0 Å². The number of rotatable bonds is 4. The molecule has 0 aliphatic heterocycles. The average molecular weight is 285 g/mol.